The van der Waals surface area contributed by atoms with E-state index in [2.05, 4.69) is 104 Å². The second-order valence-corrected chi connectivity index (χ2v) is 6.89. The Hall–Kier alpha value is 0.286. The summed E-state index contributed by atoms with van der Waals surface area (Å²) in [6, 6.07) is 16.6. The van der Waals surface area contributed by atoms with Crippen molar-refractivity contribution in [1.82, 2.24) is 0 Å². The number of hydrogen-bond donors (Lipinski definition) is 0. The number of hydrogen-bond acceptors (Lipinski definition) is 0. The van der Waals surface area contributed by atoms with Gasteiger partial charge >= 0.3 is 23.1 Å². The van der Waals surface area contributed by atoms with Crippen LogP contribution in [0, 0.1) is 6.92 Å². The molecule has 0 aliphatic rings. The molecule has 0 nitrogen and oxygen atoms in total. The predicted octanol–water partition coefficient (Wildman–Crippen LogP) is 4.54. The van der Waals surface area contributed by atoms with E-state index in [4.69, 9.17) is 0 Å². The van der Waals surface area contributed by atoms with Crippen LogP contribution in [-0.4, -0.2) is 23.1 Å². The average Bonchev–Trinajstić information content (AvgIpc) is 2.56. The zero-order valence-electron chi connectivity index (χ0n) is 14.2. The third kappa shape index (κ3) is 17.5. The summed E-state index contributed by atoms with van der Waals surface area (Å²) in [5.74, 6) is 0. The van der Waals surface area contributed by atoms with E-state index >= 15 is 0 Å². The molecular formula is C20H22Br3ClMg. The zero-order chi connectivity index (χ0) is 17.5. The Balaban J connectivity index is -0.000000317. The van der Waals surface area contributed by atoms with Crippen LogP contribution >= 0.6 is 47.8 Å². The van der Waals surface area contributed by atoms with E-state index in [9.17, 15) is 0 Å². The van der Waals surface area contributed by atoms with Crippen molar-refractivity contribution in [3.05, 3.63) is 101 Å². The third-order valence-electron chi connectivity index (χ3n) is 2.62. The first-order valence-corrected chi connectivity index (χ1v) is 9.84. The van der Waals surface area contributed by atoms with Crippen LogP contribution in [0.25, 0.3) is 0 Å². The minimum atomic E-state index is 0. The summed E-state index contributed by atoms with van der Waals surface area (Å²) >= 11 is 10.1. The Morgan fingerprint density at radius 1 is 0.840 bits per heavy atom. The average molecular weight is 562 g/mol. The van der Waals surface area contributed by atoms with Gasteiger partial charge in [0.05, 0.1) is 0 Å². The van der Waals surface area contributed by atoms with E-state index in [1.165, 1.54) is 17.2 Å². The molecule has 0 radical (unpaired) electrons. The molecule has 0 aliphatic heterocycles. The van der Waals surface area contributed by atoms with Crippen LogP contribution in [-0.2, 0) is 11.8 Å². The number of allylic oxidation sites excluding steroid dienone is 2. The third-order valence-corrected chi connectivity index (χ3v) is 4.32. The Kier molecular flexibility index (Phi) is 24.7. The summed E-state index contributed by atoms with van der Waals surface area (Å²) in [4.78, 5) is 0. The molecule has 0 bridgehead atoms. The summed E-state index contributed by atoms with van der Waals surface area (Å²) in [6.07, 6.45) is 5.60. The van der Waals surface area contributed by atoms with Crippen molar-refractivity contribution in [3.8, 4) is 0 Å². The molecule has 0 fully saturated rings. The van der Waals surface area contributed by atoms with E-state index in [0.29, 0.717) is 0 Å². The van der Waals surface area contributed by atoms with Crippen molar-refractivity contribution in [3.63, 3.8) is 0 Å². The molecule has 0 atom stereocenters. The smallest absolute Gasteiger partial charge is 1.00 e. The van der Waals surface area contributed by atoms with Crippen molar-refractivity contribution >= 4 is 70.8 Å². The zero-order valence-corrected chi connectivity index (χ0v) is 21.2. The van der Waals surface area contributed by atoms with Gasteiger partial charge in [-0.3, -0.25) is 0 Å². The van der Waals surface area contributed by atoms with Crippen LogP contribution in [0.15, 0.2) is 82.8 Å². The summed E-state index contributed by atoms with van der Waals surface area (Å²) in [7, 11) is 0. The minimum absolute atomic E-state index is 0. The van der Waals surface area contributed by atoms with Gasteiger partial charge in [-0.1, -0.05) is 78.1 Å². The Morgan fingerprint density at radius 3 is 1.52 bits per heavy atom. The number of aryl methyl sites for hydroxylation is 1. The molecule has 132 valence electrons. The molecule has 0 saturated carbocycles. The fourth-order valence-electron chi connectivity index (χ4n) is 1.49. The van der Waals surface area contributed by atoms with Gasteiger partial charge in [0.25, 0.3) is 0 Å². The van der Waals surface area contributed by atoms with E-state index in [0.717, 1.165) is 27.1 Å². The summed E-state index contributed by atoms with van der Waals surface area (Å²) < 4.78 is 2.27. The molecule has 0 heterocycles. The molecule has 0 aliphatic carbocycles. The first-order chi connectivity index (χ1) is 11.1. The van der Waals surface area contributed by atoms with Gasteiger partial charge in [-0.25, -0.2) is 19.6 Å². The summed E-state index contributed by atoms with van der Waals surface area (Å²) in [6.45, 7) is 10.2. The number of rotatable bonds is 4. The molecular weight excluding hydrogens is 540 g/mol. The van der Waals surface area contributed by atoms with E-state index in [1.54, 1.807) is 0 Å². The standard InChI is InChI=1S/C10H11Br.C7H6Br2.C3H5.ClH.Mg/c1-2-3-4-9-5-7-10(11)8-6-9;8-5-6-1-3-7(9)4-2-6;1-3-2;;/h2,5-8H,1,3-4H2;1-4H,5H2;3H,1-2H2;1H;/q;;-1;;+2/p-1. The Morgan fingerprint density at radius 2 is 1.20 bits per heavy atom. The Bertz CT molecular complexity index is 554. The van der Waals surface area contributed by atoms with Gasteiger partial charge in [0.15, 0.2) is 0 Å². The molecule has 0 N–H and O–H groups in total. The first kappa shape index (κ1) is 30.0. The maximum atomic E-state index is 3.68. The second-order valence-electron chi connectivity index (χ2n) is 4.50. The minimum Gasteiger partial charge on any atom is -1.00 e. The molecule has 2 rings (SSSR count). The molecule has 0 aromatic heterocycles. The van der Waals surface area contributed by atoms with E-state index < -0.39 is 0 Å². The van der Waals surface area contributed by atoms with Gasteiger partial charge in [0, 0.05) is 14.3 Å². The van der Waals surface area contributed by atoms with Crippen molar-refractivity contribution in [2.45, 2.75) is 18.2 Å². The normalized spacial score (nSPS) is 8.12. The van der Waals surface area contributed by atoms with E-state index in [-0.39, 0.29) is 35.5 Å². The topological polar surface area (TPSA) is 0 Å². The molecule has 25 heavy (non-hydrogen) atoms. The molecule has 0 unspecified atom stereocenters. The quantitative estimate of drug-likeness (QED) is 0.223. The van der Waals surface area contributed by atoms with Gasteiger partial charge in [-0.05, 0) is 48.2 Å². The maximum absolute atomic E-state index is 3.68. The second kappa shape index (κ2) is 20.6. The fourth-order valence-corrected chi connectivity index (χ4v) is 2.40. The van der Waals surface area contributed by atoms with Crippen LogP contribution < -0.4 is 12.4 Å². The molecule has 0 saturated heterocycles. The molecule has 0 spiro atoms. The van der Waals surface area contributed by atoms with E-state index in [1.807, 2.05) is 18.2 Å². The van der Waals surface area contributed by atoms with Crippen LogP contribution in [0.3, 0.4) is 0 Å². The number of benzene rings is 2. The van der Waals surface area contributed by atoms with Crippen molar-refractivity contribution < 1.29 is 12.4 Å². The first-order valence-electron chi connectivity index (χ1n) is 7.13. The number of halogens is 4. The van der Waals surface area contributed by atoms with Crippen LogP contribution in [0.2, 0.25) is 0 Å². The van der Waals surface area contributed by atoms with Gasteiger partial charge < -0.3 is 12.4 Å². The molecule has 2 aromatic carbocycles. The van der Waals surface area contributed by atoms with Crippen LogP contribution in [0.5, 0.6) is 0 Å². The predicted molar refractivity (Wildman–Crippen MR) is 121 cm³/mol. The summed E-state index contributed by atoms with van der Waals surface area (Å²) in [5, 5.41) is 0.931. The molecule has 5 heteroatoms. The van der Waals surface area contributed by atoms with Crippen LogP contribution in [0.4, 0.5) is 0 Å². The van der Waals surface area contributed by atoms with Crippen LogP contribution in [0.1, 0.15) is 17.5 Å². The van der Waals surface area contributed by atoms with Gasteiger partial charge in [0.2, 0.25) is 0 Å². The Labute approximate surface area is 200 Å². The van der Waals surface area contributed by atoms with Gasteiger partial charge in [-0.15, -0.1) is 6.58 Å². The van der Waals surface area contributed by atoms with Gasteiger partial charge in [-0.2, -0.15) is 0 Å². The van der Waals surface area contributed by atoms with Crippen molar-refractivity contribution in [2.24, 2.45) is 0 Å². The fraction of sp³-hybridized carbons (Fsp3) is 0.150. The SMILES string of the molecule is BrCc1ccc(Br)cc1.C=CCCc1ccc(Br)cc1.C=C[CH2-].[Cl-].[Mg+2]. The largest absolute Gasteiger partial charge is 2.00 e. The maximum Gasteiger partial charge on any atom is 2.00 e. The molecule has 2 aromatic rings. The molecule has 0 amide bonds. The van der Waals surface area contributed by atoms with Gasteiger partial charge in [0.1, 0.15) is 0 Å². The monoisotopic (exact) mass is 558 g/mol. The van der Waals surface area contributed by atoms with Crippen molar-refractivity contribution in [2.75, 3.05) is 0 Å². The van der Waals surface area contributed by atoms with Crippen molar-refractivity contribution in [1.29, 1.82) is 0 Å². The number of alkyl halides is 1. The summed E-state index contributed by atoms with van der Waals surface area (Å²) in [5.41, 5.74) is 2.67.